The van der Waals surface area contributed by atoms with Crippen LogP contribution in [0.4, 0.5) is 11.5 Å². The van der Waals surface area contributed by atoms with Crippen LogP contribution in [0.3, 0.4) is 0 Å². The van der Waals surface area contributed by atoms with E-state index in [2.05, 4.69) is 40.8 Å². The number of aromatic hydroxyl groups is 1. The highest BCUT2D eigenvalue weighted by atomic mass is 32.1. The summed E-state index contributed by atoms with van der Waals surface area (Å²) in [5.74, 6) is 0.0239. The van der Waals surface area contributed by atoms with Crippen molar-refractivity contribution in [3.8, 4) is 33.3 Å². The van der Waals surface area contributed by atoms with Crippen LogP contribution in [-0.2, 0) is 9.59 Å². The molecule has 0 aliphatic carbocycles. The van der Waals surface area contributed by atoms with Gasteiger partial charge in [-0.3, -0.25) is 14.5 Å². The maximum absolute atomic E-state index is 14.2. The number of nitrogens with zero attached hydrogens (tertiary/aromatic N) is 7. The molecule has 4 N–H and O–H groups in total. The molecule has 6 heterocycles. The lowest BCUT2D eigenvalue weighted by Gasteiger charge is -2.45. The number of nitrogens with one attached hydrogen (secondary N) is 2. The smallest absolute Gasteiger partial charge is 0.254 e. The lowest BCUT2D eigenvalue weighted by Crippen LogP contribution is -2.58. The van der Waals surface area contributed by atoms with Gasteiger partial charge in [0.1, 0.15) is 24.3 Å². The highest BCUT2D eigenvalue weighted by Gasteiger charge is 2.43. The van der Waals surface area contributed by atoms with Crippen molar-refractivity contribution in [2.75, 3.05) is 56.1 Å². The molecule has 2 saturated heterocycles. The second-order valence-electron chi connectivity index (χ2n) is 15.7. The fraction of sp³-hybridized carbons (Fsp3) is 0.429. The summed E-state index contributed by atoms with van der Waals surface area (Å²) >= 11 is 1.59. The summed E-state index contributed by atoms with van der Waals surface area (Å²) in [5.41, 5.74) is 7.04. The number of hydrogen-bond donors (Lipinski definition) is 4. The number of para-hydroxylation sites is 1. The number of aromatic nitrogens is 4. The van der Waals surface area contributed by atoms with Crippen LogP contribution in [0, 0.1) is 12.8 Å². The zero-order chi connectivity index (χ0) is 40.5. The van der Waals surface area contributed by atoms with E-state index in [4.69, 9.17) is 9.26 Å². The molecule has 2 aromatic carbocycles. The molecule has 1 unspecified atom stereocenters. The molecular formula is C42H49N9O6S. The minimum Gasteiger partial charge on any atom is -0.507 e. The number of hydrogen-bond acceptors (Lipinski definition) is 14. The Bertz CT molecular complexity index is 2250. The van der Waals surface area contributed by atoms with E-state index >= 15 is 0 Å². The Morgan fingerprint density at radius 1 is 1.07 bits per heavy atom. The number of aliphatic hydroxyl groups is 1. The number of amides is 2. The number of benzene rings is 2. The molecule has 2 fully saturated rings. The van der Waals surface area contributed by atoms with Gasteiger partial charge in [-0.15, -0.1) is 21.5 Å². The van der Waals surface area contributed by atoms with Crippen LogP contribution < -0.4 is 20.3 Å². The quantitative estimate of drug-likeness (QED) is 0.135. The molecule has 8 rings (SSSR count). The Morgan fingerprint density at radius 3 is 2.64 bits per heavy atom. The topological polar surface area (TPSA) is 182 Å². The van der Waals surface area contributed by atoms with Crippen LogP contribution >= 0.6 is 11.3 Å². The van der Waals surface area contributed by atoms with Gasteiger partial charge in [0.25, 0.3) is 5.88 Å². The van der Waals surface area contributed by atoms with Crippen molar-refractivity contribution in [2.45, 2.75) is 64.3 Å². The van der Waals surface area contributed by atoms with E-state index in [0.29, 0.717) is 30.2 Å². The van der Waals surface area contributed by atoms with Gasteiger partial charge in [0.05, 0.1) is 45.7 Å². The number of thiazole rings is 1. The number of β-amino-alcohol motifs (C(OH)–C–C–N with tert-alkyl or cyclic N) is 1. The van der Waals surface area contributed by atoms with Gasteiger partial charge in [-0.1, -0.05) is 50.2 Å². The normalized spacial score (nSPS) is 20.3. The summed E-state index contributed by atoms with van der Waals surface area (Å²) in [5, 5.41) is 40.4. The fourth-order valence-electron chi connectivity index (χ4n) is 8.26. The minimum atomic E-state index is -0.829. The van der Waals surface area contributed by atoms with E-state index in [1.165, 1.54) is 4.90 Å². The minimum absolute atomic E-state index is 0.0510. The highest BCUT2D eigenvalue weighted by Crippen LogP contribution is 2.37. The van der Waals surface area contributed by atoms with Gasteiger partial charge in [0.2, 0.25) is 11.8 Å². The zero-order valence-electron chi connectivity index (χ0n) is 33.0. The molecule has 16 heteroatoms. The third-order valence-corrected chi connectivity index (χ3v) is 12.4. The summed E-state index contributed by atoms with van der Waals surface area (Å²) < 4.78 is 11.7. The number of carbonyl (C=O) groups is 2. The molecule has 0 spiro atoms. The first-order chi connectivity index (χ1) is 28.0. The van der Waals surface area contributed by atoms with E-state index in [0.717, 1.165) is 59.4 Å². The molecule has 15 nitrogen and oxygen atoms in total. The van der Waals surface area contributed by atoms with E-state index in [-0.39, 0.29) is 54.4 Å². The number of ether oxygens (including phenoxy) is 1. The van der Waals surface area contributed by atoms with Crippen LogP contribution in [0.1, 0.15) is 56.2 Å². The number of fused-ring (bicyclic) bond motifs is 3. The third-order valence-electron chi connectivity index (χ3n) is 11.4. The number of piperazine rings is 1. The number of phenolic OH excluding ortho intramolecular Hbond substituents is 1. The molecule has 3 aliphatic heterocycles. The van der Waals surface area contributed by atoms with Crippen molar-refractivity contribution in [3.05, 3.63) is 83.2 Å². The van der Waals surface area contributed by atoms with Crippen LogP contribution in [-0.4, -0.2) is 116 Å². The first kappa shape index (κ1) is 39.3. The number of aryl methyl sites for hydroxylation is 1. The van der Waals surface area contributed by atoms with Gasteiger partial charge < -0.3 is 39.9 Å². The Morgan fingerprint density at radius 2 is 1.88 bits per heavy atom. The monoisotopic (exact) mass is 807 g/mol. The van der Waals surface area contributed by atoms with E-state index in [9.17, 15) is 19.8 Å². The number of likely N-dealkylation sites (tertiary alicyclic amines) is 1. The maximum Gasteiger partial charge on any atom is 0.254 e. The van der Waals surface area contributed by atoms with Crippen LogP contribution in [0.2, 0.25) is 0 Å². The summed E-state index contributed by atoms with van der Waals surface area (Å²) in [7, 11) is 0. The van der Waals surface area contributed by atoms with Gasteiger partial charge in [-0.25, -0.2) is 4.98 Å². The number of rotatable bonds is 12. The van der Waals surface area contributed by atoms with Crippen molar-refractivity contribution in [1.82, 2.24) is 35.5 Å². The predicted molar refractivity (Wildman–Crippen MR) is 220 cm³/mol. The summed E-state index contributed by atoms with van der Waals surface area (Å²) in [6, 6.07) is 17.9. The van der Waals surface area contributed by atoms with Crippen LogP contribution in [0.25, 0.3) is 21.7 Å². The van der Waals surface area contributed by atoms with Gasteiger partial charge >= 0.3 is 0 Å². The molecule has 5 atom stereocenters. The SMILES string of the molecule is Cc1ncsc1-c1ccc([C@H](C)NC(=O)[C@@H]2C[C@@H](O)CN2C(=O)[C@@H](c2cc(OCCN3CCN4c5cc(-c6ccccc6O)nnc5NCC4C3)no2)C(C)C)cc1. The number of anilines is 2. The Labute approximate surface area is 341 Å². The largest absolute Gasteiger partial charge is 0.507 e. The second-order valence-corrected chi connectivity index (χ2v) is 16.5. The van der Waals surface area contributed by atoms with Crippen molar-refractivity contribution in [1.29, 1.82) is 0 Å². The van der Waals surface area contributed by atoms with Gasteiger partial charge in [0, 0.05) is 57.3 Å². The molecule has 0 radical (unpaired) electrons. The zero-order valence-corrected chi connectivity index (χ0v) is 33.9. The summed E-state index contributed by atoms with van der Waals surface area (Å²) in [6.45, 7) is 12.0. The van der Waals surface area contributed by atoms with E-state index in [1.54, 1.807) is 29.5 Å². The molecule has 58 heavy (non-hydrogen) atoms. The summed E-state index contributed by atoms with van der Waals surface area (Å²) in [4.78, 5) is 39.5. The molecule has 3 aromatic heterocycles. The fourth-order valence-corrected chi connectivity index (χ4v) is 9.07. The Hall–Kier alpha value is -5.58. The molecule has 0 bridgehead atoms. The standard InChI is InChI=1S/C42H49N9O6S/c1-24(2)38(42(55)51-22-30(52)17-34(51)41(54)45-25(3)27-9-11-28(12-10-27)39-26(4)44-23-58-39)36-19-37(48-57-36)56-16-15-49-13-14-50-29(21-49)20-43-40-33(50)18-32(46-47-40)31-7-5-6-8-35(31)53/h5-12,18-19,23-25,29-30,34,38,52-53H,13-17,20-22H2,1-4H3,(H,43,47)(H,45,54)/t25-,29?,30+,34-,38+/m0/s1. The second kappa shape index (κ2) is 16.7. The van der Waals surface area contributed by atoms with Crippen molar-refractivity contribution < 1.29 is 29.1 Å². The Kier molecular flexibility index (Phi) is 11.3. The number of phenols is 1. The lowest BCUT2D eigenvalue weighted by atomic mass is 9.91. The predicted octanol–water partition coefficient (Wildman–Crippen LogP) is 4.84. The van der Waals surface area contributed by atoms with Crippen molar-refractivity contribution >= 4 is 34.7 Å². The molecule has 2 amide bonds. The maximum atomic E-state index is 14.2. The van der Waals surface area contributed by atoms with Crippen LogP contribution in [0.5, 0.6) is 11.6 Å². The average Bonchev–Trinajstić information content (AvgIpc) is 3.97. The van der Waals surface area contributed by atoms with E-state index in [1.807, 2.05) is 75.7 Å². The average molecular weight is 808 g/mol. The van der Waals surface area contributed by atoms with Crippen molar-refractivity contribution in [3.63, 3.8) is 0 Å². The molecule has 5 aromatic rings. The number of carbonyl (C=O) groups excluding carboxylic acids is 2. The van der Waals surface area contributed by atoms with Gasteiger partial charge in [0.15, 0.2) is 11.6 Å². The van der Waals surface area contributed by atoms with Crippen LogP contribution in [0.15, 0.2) is 70.7 Å². The number of aliphatic hydroxyl groups excluding tert-OH is 1. The molecule has 304 valence electrons. The lowest BCUT2D eigenvalue weighted by molar-refractivity contribution is -0.141. The highest BCUT2D eigenvalue weighted by molar-refractivity contribution is 7.13. The van der Waals surface area contributed by atoms with Crippen molar-refractivity contribution in [2.24, 2.45) is 5.92 Å². The third kappa shape index (κ3) is 8.08. The summed E-state index contributed by atoms with van der Waals surface area (Å²) in [6.07, 6.45) is -0.677. The molecular weight excluding hydrogens is 759 g/mol. The van der Waals surface area contributed by atoms with Gasteiger partial charge in [-0.2, -0.15) is 0 Å². The van der Waals surface area contributed by atoms with Gasteiger partial charge in [-0.05, 0) is 54.2 Å². The van der Waals surface area contributed by atoms with E-state index < -0.39 is 18.1 Å². The molecule has 0 saturated carbocycles. The first-order valence-corrected chi connectivity index (χ1v) is 20.7. The Balaban J connectivity index is 0.855. The first-order valence-electron chi connectivity index (χ1n) is 19.8. The molecule has 3 aliphatic rings.